The van der Waals surface area contributed by atoms with Crippen molar-refractivity contribution in [2.24, 2.45) is 0 Å². The van der Waals surface area contributed by atoms with Crippen molar-refractivity contribution in [2.75, 3.05) is 11.1 Å². The smallest absolute Gasteiger partial charge is 0.282 e. The Morgan fingerprint density at radius 1 is 1.32 bits per heavy atom. The van der Waals surface area contributed by atoms with Crippen LogP contribution in [-0.2, 0) is 0 Å². The van der Waals surface area contributed by atoms with Crippen molar-refractivity contribution in [1.82, 2.24) is 9.97 Å². The van der Waals surface area contributed by atoms with Crippen molar-refractivity contribution in [3.8, 4) is 0 Å². The van der Waals surface area contributed by atoms with E-state index in [1.807, 2.05) is 0 Å². The molecule has 0 saturated heterocycles. The molecule has 2 rings (SSSR count). The fraction of sp³-hybridized carbons (Fsp3) is 0. The third-order valence-corrected chi connectivity index (χ3v) is 2.28. The van der Waals surface area contributed by atoms with E-state index in [0.717, 1.165) is 0 Å². The predicted octanol–water partition coefficient (Wildman–Crippen LogP) is 1.22. The molecule has 0 unspecified atom stereocenters. The number of nitro benzene ring substituents is 1. The van der Waals surface area contributed by atoms with Gasteiger partial charge in [-0.1, -0.05) is 0 Å². The lowest BCUT2D eigenvalue weighted by Crippen LogP contribution is -2.14. The number of nitrogens with one attached hydrogen (secondary N) is 1. The molecule has 0 radical (unpaired) electrons. The highest BCUT2D eigenvalue weighted by Crippen LogP contribution is 2.22. The van der Waals surface area contributed by atoms with E-state index in [2.05, 4.69) is 15.3 Å². The average molecular weight is 259 g/mol. The zero-order chi connectivity index (χ0) is 13.8. The lowest BCUT2D eigenvalue weighted by atomic mass is 10.1. The monoisotopic (exact) mass is 259 g/mol. The molecule has 0 fully saturated rings. The van der Waals surface area contributed by atoms with Crippen LogP contribution in [0, 0.1) is 10.1 Å². The molecule has 1 heterocycles. The average Bonchev–Trinajstić information content (AvgIpc) is 2.39. The highest BCUT2D eigenvalue weighted by atomic mass is 16.6. The summed E-state index contributed by atoms with van der Waals surface area (Å²) in [5, 5.41) is 13.3. The summed E-state index contributed by atoms with van der Waals surface area (Å²) < 4.78 is 0. The molecule has 0 aliphatic rings. The first-order valence-electron chi connectivity index (χ1n) is 5.18. The van der Waals surface area contributed by atoms with E-state index in [1.165, 1.54) is 36.9 Å². The van der Waals surface area contributed by atoms with Gasteiger partial charge in [0.2, 0.25) is 0 Å². The van der Waals surface area contributed by atoms with Crippen LogP contribution in [0.3, 0.4) is 0 Å². The number of carbonyl (C=O) groups excluding carboxylic acids is 1. The van der Waals surface area contributed by atoms with Gasteiger partial charge >= 0.3 is 0 Å². The number of nitro groups is 1. The number of nitrogen functional groups attached to an aromatic ring is 1. The van der Waals surface area contributed by atoms with Crippen LogP contribution in [0.1, 0.15) is 10.4 Å². The third-order valence-electron chi connectivity index (χ3n) is 2.28. The number of aromatic nitrogens is 2. The number of amides is 1. The minimum atomic E-state index is -0.645. The first-order valence-corrected chi connectivity index (χ1v) is 5.18. The maximum atomic E-state index is 12.0. The molecule has 19 heavy (non-hydrogen) atoms. The zero-order valence-corrected chi connectivity index (χ0v) is 9.61. The maximum absolute atomic E-state index is 12.0. The van der Waals surface area contributed by atoms with Crippen molar-refractivity contribution in [2.45, 2.75) is 0 Å². The topological polar surface area (TPSA) is 124 Å². The van der Waals surface area contributed by atoms with Crippen LogP contribution >= 0.6 is 0 Å². The number of nitrogens with zero attached hydrogens (tertiary/aromatic N) is 3. The summed E-state index contributed by atoms with van der Waals surface area (Å²) in [7, 11) is 0. The Kier molecular flexibility index (Phi) is 3.33. The molecule has 1 aromatic carbocycles. The van der Waals surface area contributed by atoms with Gasteiger partial charge in [-0.2, -0.15) is 0 Å². The number of benzene rings is 1. The number of carbonyl (C=O) groups is 1. The Hall–Kier alpha value is -3.03. The van der Waals surface area contributed by atoms with Crippen LogP contribution in [0.4, 0.5) is 17.1 Å². The summed E-state index contributed by atoms with van der Waals surface area (Å²) in [5.41, 5.74) is 5.70. The SMILES string of the molecule is Nc1ccc([N+](=O)[O-])c(C(=O)Nc2cncnc2)c1. The van der Waals surface area contributed by atoms with Gasteiger partial charge in [0.25, 0.3) is 11.6 Å². The molecule has 8 heteroatoms. The molecular weight excluding hydrogens is 250 g/mol. The largest absolute Gasteiger partial charge is 0.399 e. The number of anilines is 2. The summed E-state index contributed by atoms with van der Waals surface area (Å²) in [6.07, 6.45) is 4.06. The fourth-order valence-electron chi connectivity index (χ4n) is 1.46. The van der Waals surface area contributed by atoms with Gasteiger partial charge in [0.15, 0.2) is 0 Å². The molecule has 96 valence electrons. The van der Waals surface area contributed by atoms with E-state index < -0.39 is 10.8 Å². The Bertz CT molecular complexity index is 629. The van der Waals surface area contributed by atoms with Gasteiger partial charge in [0.05, 0.1) is 23.0 Å². The molecule has 3 N–H and O–H groups in total. The quantitative estimate of drug-likeness (QED) is 0.485. The molecule has 0 atom stereocenters. The van der Waals surface area contributed by atoms with Gasteiger partial charge in [0.1, 0.15) is 11.9 Å². The zero-order valence-electron chi connectivity index (χ0n) is 9.61. The molecule has 0 aliphatic carbocycles. The van der Waals surface area contributed by atoms with E-state index in [0.29, 0.717) is 5.69 Å². The first kappa shape index (κ1) is 12.4. The highest BCUT2D eigenvalue weighted by Gasteiger charge is 2.20. The predicted molar refractivity (Wildman–Crippen MR) is 67.5 cm³/mol. The van der Waals surface area contributed by atoms with Crippen molar-refractivity contribution >= 4 is 23.0 Å². The molecule has 1 aromatic heterocycles. The van der Waals surface area contributed by atoms with Gasteiger partial charge in [-0.15, -0.1) is 0 Å². The van der Waals surface area contributed by atoms with Gasteiger partial charge in [-0.25, -0.2) is 9.97 Å². The van der Waals surface area contributed by atoms with Crippen molar-refractivity contribution in [1.29, 1.82) is 0 Å². The van der Waals surface area contributed by atoms with E-state index in [-0.39, 0.29) is 16.9 Å². The number of hydrogen-bond acceptors (Lipinski definition) is 6. The lowest BCUT2D eigenvalue weighted by molar-refractivity contribution is -0.385. The maximum Gasteiger partial charge on any atom is 0.282 e. The summed E-state index contributed by atoms with van der Waals surface area (Å²) in [4.78, 5) is 29.6. The second kappa shape index (κ2) is 5.08. The summed E-state index contributed by atoms with van der Waals surface area (Å²) in [6.45, 7) is 0. The van der Waals surface area contributed by atoms with Crippen molar-refractivity contribution in [3.63, 3.8) is 0 Å². The molecule has 0 spiro atoms. The summed E-state index contributed by atoms with van der Waals surface area (Å²) in [6, 6.07) is 3.80. The van der Waals surface area contributed by atoms with E-state index in [4.69, 9.17) is 5.73 Å². The first-order chi connectivity index (χ1) is 9.08. The Morgan fingerprint density at radius 2 is 2.00 bits per heavy atom. The molecule has 0 bridgehead atoms. The molecule has 0 aliphatic heterocycles. The van der Waals surface area contributed by atoms with Crippen LogP contribution in [0.25, 0.3) is 0 Å². The van der Waals surface area contributed by atoms with Gasteiger partial charge in [0, 0.05) is 11.8 Å². The minimum absolute atomic E-state index is 0.117. The Morgan fingerprint density at radius 3 is 2.63 bits per heavy atom. The van der Waals surface area contributed by atoms with Crippen molar-refractivity contribution < 1.29 is 9.72 Å². The van der Waals surface area contributed by atoms with Crippen LogP contribution in [-0.4, -0.2) is 20.8 Å². The highest BCUT2D eigenvalue weighted by molar-refractivity contribution is 6.07. The molecule has 1 amide bonds. The van der Waals surface area contributed by atoms with E-state index in [9.17, 15) is 14.9 Å². The molecule has 8 nitrogen and oxygen atoms in total. The minimum Gasteiger partial charge on any atom is -0.399 e. The summed E-state index contributed by atoms with van der Waals surface area (Å²) in [5.74, 6) is -0.645. The Balaban J connectivity index is 2.33. The third kappa shape index (κ3) is 2.80. The van der Waals surface area contributed by atoms with Crippen molar-refractivity contribution in [3.05, 3.63) is 52.6 Å². The molecule has 2 aromatic rings. The van der Waals surface area contributed by atoms with Crippen LogP contribution in [0.2, 0.25) is 0 Å². The second-order valence-electron chi connectivity index (χ2n) is 3.61. The number of rotatable bonds is 3. The van der Waals surface area contributed by atoms with Gasteiger partial charge in [-0.05, 0) is 12.1 Å². The standard InChI is InChI=1S/C11H9N5O3/c12-7-1-2-10(16(18)19)9(3-7)11(17)15-8-4-13-6-14-5-8/h1-6H,12H2,(H,15,17). The normalized spacial score (nSPS) is 9.89. The fourth-order valence-corrected chi connectivity index (χ4v) is 1.46. The van der Waals surface area contributed by atoms with Gasteiger partial charge < -0.3 is 11.1 Å². The molecule has 0 saturated carbocycles. The second-order valence-corrected chi connectivity index (χ2v) is 3.61. The molecular formula is C11H9N5O3. The number of hydrogen-bond donors (Lipinski definition) is 2. The van der Waals surface area contributed by atoms with E-state index >= 15 is 0 Å². The van der Waals surface area contributed by atoms with Crippen LogP contribution in [0.5, 0.6) is 0 Å². The Labute approximate surface area is 107 Å². The van der Waals surface area contributed by atoms with Crippen LogP contribution in [0.15, 0.2) is 36.9 Å². The number of nitrogens with two attached hydrogens (primary N) is 1. The van der Waals surface area contributed by atoms with Crippen LogP contribution < -0.4 is 11.1 Å². The van der Waals surface area contributed by atoms with E-state index in [1.54, 1.807) is 0 Å². The summed E-state index contributed by atoms with van der Waals surface area (Å²) >= 11 is 0. The lowest BCUT2D eigenvalue weighted by Gasteiger charge is -2.05. The van der Waals surface area contributed by atoms with Gasteiger partial charge in [-0.3, -0.25) is 14.9 Å².